The van der Waals surface area contributed by atoms with E-state index in [9.17, 15) is 24.3 Å². The van der Waals surface area contributed by atoms with Crippen LogP contribution in [0.15, 0.2) is 21.8 Å². The van der Waals surface area contributed by atoms with E-state index in [1.807, 2.05) is 0 Å². The van der Waals surface area contributed by atoms with Gasteiger partial charge in [-0.05, 0) is 0 Å². The van der Waals surface area contributed by atoms with E-state index in [0.29, 0.717) is 0 Å². The number of oxime groups is 1. The number of aromatic nitrogens is 1. The van der Waals surface area contributed by atoms with Crippen LogP contribution in [0.5, 0.6) is 0 Å². The number of carboxylic acids is 1. The Hall–Kier alpha value is -2.13. The zero-order valence-electron chi connectivity index (χ0n) is 16.7. The first-order valence-electron chi connectivity index (χ1n) is 8.39. The van der Waals surface area contributed by atoms with E-state index in [4.69, 9.17) is 10.5 Å². The normalized spacial score (nSPS) is 20.3. The molecule has 0 aromatic carbocycles. The Bertz CT molecular complexity index is 979. The molecule has 0 bridgehead atoms. The number of ether oxygens (including phenoxy) is 1. The van der Waals surface area contributed by atoms with Crippen LogP contribution in [0.4, 0.5) is 5.13 Å². The summed E-state index contributed by atoms with van der Waals surface area (Å²) in [6, 6.07) is -0.995. The number of thiazole rings is 1. The summed E-state index contributed by atoms with van der Waals surface area (Å²) in [6.45, 7) is 0.919. The van der Waals surface area contributed by atoms with Crippen molar-refractivity contribution < 1.29 is 63.4 Å². The number of amides is 2. The van der Waals surface area contributed by atoms with Crippen LogP contribution < -0.4 is 45.7 Å². The SMILES string of the molecule is CO/N=C(\C(=O)N[C@@H]1C(=O)N2C(C(=O)[O-])=C(COC(C)=O)CSC12)c1csc(N)n1.[Na+]. The fourth-order valence-electron chi connectivity index (χ4n) is 2.87. The molecule has 2 amide bonds. The van der Waals surface area contributed by atoms with Gasteiger partial charge in [0.2, 0.25) is 0 Å². The molecule has 1 fully saturated rings. The van der Waals surface area contributed by atoms with Crippen molar-refractivity contribution in [2.24, 2.45) is 5.16 Å². The van der Waals surface area contributed by atoms with E-state index >= 15 is 0 Å². The van der Waals surface area contributed by atoms with Gasteiger partial charge in [0, 0.05) is 23.6 Å². The van der Waals surface area contributed by atoms with Crippen molar-refractivity contribution in [3.8, 4) is 0 Å². The second-order valence-corrected chi connectivity index (χ2v) is 8.07. The number of thioether (sulfide) groups is 1. The number of anilines is 1. The van der Waals surface area contributed by atoms with Gasteiger partial charge in [-0.2, -0.15) is 0 Å². The van der Waals surface area contributed by atoms with Gasteiger partial charge in [-0.15, -0.1) is 23.1 Å². The van der Waals surface area contributed by atoms with Crippen molar-refractivity contribution in [2.75, 3.05) is 25.2 Å². The molecule has 1 aromatic heterocycles. The van der Waals surface area contributed by atoms with Gasteiger partial charge in [0.15, 0.2) is 10.8 Å². The molecule has 15 heteroatoms. The molecule has 3 rings (SSSR count). The van der Waals surface area contributed by atoms with Crippen molar-refractivity contribution >= 4 is 57.7 Å². The molecule has 1 saturated heterocycles. The first kappa shape index (κ1) is 25.1. The van der Waals surface area contributed by atoms with Crippen molar-refractivity contribution in [1.29, 1.82) is 0 Å². The Balaban J connectivity index is 0.00000341. The fourth-order valence-corrected chi connectivity index (χ4v) is 4.75. The summed E-state index contributed by atoms with van der Waals surface area (Å²) >= 11 is 2.32. The van der Waals surface area contributed by atoms with Gasteiger partial charge in [-0.25, -0.2) is 4.98 Å². The van der Waals surface area contributed by atoms with Gasteiger partial charge in [-0.1, -0.05) is 5.16 Å². The summed E-state index contributed by atoms with van der Waals surface area (Å²) in [5, 5.41) is 18.8. The number of fused-ring (bicyclic) bond motifs is 1. The fraction of sp³-hybridized carbons (Fsp3) is 0.375. The first-order chi connectivity index (χ1) is 14.2. The Morgan fingerprint density at radius 1 is 1.45 bits per heavy atom. The van der Waals surface area contributed by atoms with Crippen LogP contribution in [0.25, 0.3) is 0 Å². The number of rotatable bonds is 7. The average Bonchev–Trinajstić information content (AvgIpc) is 3.13. The third-order valence-corrected chi connectivity index (χ3v) is 6.15. The van der Waals surface area contributed by atoms with Crippen molar-refractivity contribution in [2.45, 2.75) is 18.3 Å². The van der Waals surface area contributed by atoms with Crippen molar-refractivity contribution in [1.82, 2.24) is 15.2 Å². The minimum absolute atomic E-state index is 0. The second-order valence-electron chi connectivity index (χ2n) is 6.07. The molecule has 12 nitrogen and oxygen atoms in total. The Labute approximate surface area is 206 Å². The molecule has 2 aliphatic rings. The number of hydrogen-bond donors (Lipinski definition) is 2. The largest absolute Gasteiger partial charge is 1.00 e. The number of β-lactam (4-membered cyclic amide) rings is 1. The summed E-state index contributed by atoms with van der Waals surface area (Å²) < 4.78 is 4.85. The van der Waals surface area contributed by atoms with Crippen molar-refractivity contribution in [3.63, 3.8) is 0 Å². The number of hydrogen-bond acceptors (Lipinski definition) is 12. The van der Waals surface area contributed by atoms with Gasteiger partial charge < -0.3 is 30.5 Å². The van der Waals surface area contributed by atoms with Crippen LogP contribution in [0.1, 0.15) is 12.6 Å². The zero-order valence-corrected chi connectivity index (χ0v) is 20.4. The number of nitrogens with zero attached hydrogens (tertiary/aromatic N) is 3. The molecule has 2 aliphatic heterocycles. The van der Waals surface area contributed by atoms with Gasteiger partial charge in [0.05, 0.1) is 11.7 Å². The number of carbonyl (C=O) groups is 4. The van der Waals surface area contributed by atoms with Crippen LogP contribution in [-0.2, 0) is 28.8 Å². The summed E-state index contributed by atoms with van der Waals surface area (Å²) in [5.41, 5.74) is 5.46. The average molecular weight is 477 g/mol. The number of nitrogen functional groups attached to an aromatic ring is 1. The Kier molecular flexibility index (Phi) is 8.48. The van der Waals surface area contributed by atoms with Crippen LogP contribution in [0, 0.1) is 0 Å². The molecular formula is C16H16N5NaO7S2. The van der Waals surface area contributed by atoms with Gasteiger partial charge >= 0.3 is 35.5 Å². The Morgan fingerprint density at radius 2 is 2.16 bits per heavy atom. The summed E-state index contributed by atoms with van der Waals surface area (Å²) in [4.78, 5) is 57.5. The zero-order chi connectivity index (χ0) is 22.0. The maximum atomic E-state index is 12.6. The van der Waals surface area contributed by atoms with E-state index in [1.165, 1.54) is 31.2 Å². The summed E-state index contributed by atoms with van der Waals surface area (Å²) in [7, 11) is 1.25. The quantitative estimate of drug-likeness (QED) is 0.127. The number of nitrogens with one attached hydrogen (secondary N) is 1. The second kappa shape index (κ2) is 10.5. The number of esters is 1. The summed E-state index contributed by atoms with van der Waals surface area (Å²) in [5.74, 6) is -3.35. The van der Waals surface area contributed by atoms with E-state index in [-0.39, 0.29) is 69.7 Å². The molecule has 31 heavy (non-hydrogen) atoms. The third kappa shape index (κ3) is 5.20. The Morgan fingerprint density at radius 3 is 2.71 bits per heavy atom. The number of carboxylic acid groups (broad SMARTS) is 1. The van der Waals surface area contributed by atoms with Gasteiger partial charge in [0.25, 0.3) is 11.8 Å². The molecule has 3 heterocycles. The molecule has 0 radical (unpaired) electrons. The van der Waals surface area contributed by atoms with E-state index < -0.39 is 35.2 Å². The maximum Gasteiger partial charge on any atom is 1.00 e. The molecular weight excluding hydrogens is 461 g/mol. The van der Waals surface area contributed by atoms with E-state index in [2.05, 4.69) is 20.3 Å². The monoisotopic (exact) mass is 477 g/mol. The molecule has 0 spiro atoms. The number of aliphatic carboxylic acids is 1. The maximum absolute atomic E-state index is 12.6. The molecule has 1 unspecified atom stereocenters. The topological polar surface area (TPSA) is 176 Å². The predicted molar refractivity (Wildman–Crippen MR) is 104 cm³/mol. The van der Waals surface area contributed by atoms with Crippen LogP contribution >= 0.6 is 23.1 Å². The molecule has 0 aliphatic carbocycles. The van der Waals surface area contributed by atoms with Crippen LogP contribution in [0.3, 0.4) is 0 Å². The van der Waals surface area contributed by atoms with Crippen LogP contribution in [0.2, 0.25) is 0 Å². The van der Waals surface area contributed by atoms with Crippen molar-refractivity contribution in [3.05, 3.63) is 22.3 Å². The summed E-state index contributed by atoms with van der Waals surface area (Å²) in [6.07, 6.45) is 0. The third-order valence-electron chi connectivity index (χ3n) is 4.14. The molecule has 1 aromatic rings. The molecule has 2 atom stereocenters. The predicted octanol–water partition coefficient (Wildman–Crippen LogP) is -4.95. The van der Waals surface area contributed by atoms with Gasteiger partial charge in [0.1, 0.15) is 30.8 Å². The number of carbonyl (C=O) groups excluding carboxylic acids is 4. The minimum atomic E-state index is -1.57. The van der Waals surface area contributed by atoms with Gasteiger partial charge in [-0.3, -0.25) is 19.3 Å². The minimum Gasteiger partial charge on any atom is -0.543 e. The van der Waals surface area contributed by atoms with E-state index in [0.717, 1.165) is 16.2 Å². The molecule has 3 N–H and O–H groups in total. The smallest absolute Gasteiger partial charge is 0.543 e. The molecule has 0 saturated carbocycles. The van der Waals surface area contributed by atoms with E-state index in [1.54, 1.807) is 0 Å². The first-order valence-corrected chi connectivity index (χ1v) is 10.3. The van der Waals surface area contributed by atoms with Crippen LogP contribution in [-0.4, -0.2) is 70.2 Å². The molecule has 160 valence electrons. The number of nitrogens with two attached hydrogens (primary N) is 1. The standard InChI is InChI=1S/C16H17N5O7S2.Na/c1-6(22)28-3-7-4-29-14-10(13(24)21(14)11(7)15(25)26)19-12(23)9(20-27-2)8-5-30-16(17)18-8;/h5,10,14H,3-4H2,1-2H3,(H2,17,18)(H,19,23)(H,25,26);/q;+1/p-1/b20-9-;/t10-,14?;/m1./s1.